The van der Waals surface area contributed by atoms with E-state index in [1.807, 2.05) is 6.92 Å². The number of anilines is 2. The van der Waals surface area contributed by atoms with E-state index >= 15 is 0 Å². The highest BCUT2D eigenvalue weighted by molar-refractivity contribution is 9.10. The smallest absolute Gasteiger partial charge is 0.275 e. The first-order valence-corrected chi connectivity index (χ1v) is 6.71. The molecule has 1 aromatic heterocycles. The van der Waals surface area contributed by atoms with E-state index in [4.69, 9.17) is 0 Å². The van der Waals surface area contributed by atoms with E-state index in [0.29, 0.717) is 16.8 Å². The van der Waals surface area contributed by atoms with Gasteiger partial charge in [-0.25, -0.2) is 14.4 Å². The number of hydrogen-bond acceptors (Lipinski definition) is 4. The summed E-state index contributed by atoms with van der Waals surface area (Å²) < 4.78 is 14.2. The van der Waals surface area contributed by atoms with Gasteiger partial charge in [0.15, 0.2) is 0 Å². The van der Waals surface area contributed by atoms with E-state index in [0.717, 1.165) is 0 Å². The van der Waals surface area contributed by atoms with Gasteiger partial charge >= 0.3 is 0 Å². The van der Waals surface area contributed by atoms with E-state index in [9.17, 15) is 9.18 Å². The number of amides is 1. The average molecular weight is 339 g/mol. The molecule has 0 bridgehead atoms. The molecule has 1 amide bonds. The number of rotatable bonds is 4. The van der Waals surface area contributed by atoms with Crippen molar-refractivity contribution >= 4 is 33.3 Å². The third-order valence-electron chi connectivity index (χ3n) is 2.42. The molecule has 0 fully saturated rings. The zero-order chi connectivity index (χ0) is 14.5. The van der Waals surface area contributed by atoms with E-state index < -0.39 is 11.7 Å². The fourth-order valence-electron chi connectivity index (χ4n) is 1.49. The molecule has 2 rings (SSSR count). The lowest BCUT2D eigenvalue weighted by Gasteiger charge is -2.07. The van der Waals surface area contributed by atoms with Gasteiger partial charge in [-0.2, -0.15) is 0 Å². The minimum atomic E-state index is -0.523. The summed E-state index contributed by atoms with van der Waals surface area (Å²) >= 11 is 3.15. The molecule has 0 aliphatic heterocycles. The molecule has 0 radical (unpaired) electrons. The quantitative estimate of drug-likeness (QED) is 0.898. The summed E-state index contributed by atoms with van der Waals surface area (Å²) in [6.45, 7) is 2.64. The first-order valence-electron chi connectivity index (χ1n) is 5.92. The highest BCUT2D eigenvalue weighted by atomic mass is 79.9. The molecule has 0 aliphatic rings. The Morgan fingerprint density at radius 3 is 2.75 bits per heavy atom. The highest BCUT2D eigenvalue weighted by Gasteiger charge is 2.11. The van der Waals surface area contributed by atoms with Gasteiger partial charge in [0.25, 0.3) is 5.91 Å². The highest BCUT2D eigenvalue weighted by Crippen LogP contribution is 2.19. The first kappa shape index (κ1) is 14.4. The van der Waals surface area contributed by atoms with Crippen LogP contribution < -0.4 is 10.6 Å². The number of hydrogen-bond donors (Lipinski definition) is 2. The lowest BCUT2D eigenvalue weighted by atomic mass is 10.3. The molecule has 0 saturated carbocycles. The van der Waals surface area contributed by atoms with Crippen molar-refractivity contribution in [3.8, 4) is 0 Å². The van der Waals surface area contributed by atoms with E-state index in [2.05, 4.69) is 36.5 Å². The zero-order valence-electron chi connectivity index (χ0n) is 10.7. The standard InChI is InChI=1S/C13H12BrFN4O/c1-2-16-12-7-17-11(6-18-12)13(20)19-10-4-3-8(14)5-9(10)15/h3-7H,2H2,1H3,(H,16,18)(H,19,20). The minimum absolute atomic E-state index is 0.0933. The number of nitrogens with zero attached hydrogens (tertiary/aromatic N) is 2. The Labute approximate surface area is 123 Å². The van der Waals surface area contributed by atoms with Crippen LogP contribution in [0.3, 0.4) is 0 Å². The lowest BCUT2D eigenvalue weighted by Crippen LogP contribution is -2.15. The van der Waals surface area contributed by atoms with Crippen LogP contribution in [0, 0.1) is 5.82 Å². The monoisotopic (exact) mass is 338 g/mol. The molecule has 20 heavy (non-hydrogen) atoms. The Morgan fingerprint density at radius 2 is 2.15 bits per heavy atom. The van der Waals surface area contributed by atoms with Crippen molar-refractivity contribution in [1.29, 1.82) is 0 Å². The van der Waals surface area contributed by atoms with Crippen LogP contribution in [0.2, 0.25) is 0 Å². The van der Waals surface area contributed by atoms with Crippen LogP contribution in [-0.2, 0) is 0 Å². The molecule has 2 N–H and O–H groups in total. The van der Waals surface area contributed by atoms with Crippen molar-refractivity contribution in [2.75, 3.05) is 17.2 Å². The van der Waals surface area contributed by atoms with Crippen LogP contribution >= 0.6 is 15.9 Å². The third kappa shape index (κ3) is 3.51. The van der Waals surface area contributed by atoms with Gasteiger partial charge in [-0.1, -0.05) is 15.9 Å². The molecule has 0 saturated heterocycles. The van der Waals surface area contributed by atoms with Gasteiger partial charge in [0.1, 0.15) is 17.3 Å². The van der Waals surface area contributed by atoms with E-state index in [1.54, 1.807) is 6.07 Å². The lowest BCUT2D eigenvalue weighted by molar-refractivity contribution is 0.102. The molecule has 0 atom stereocenters. The Hall–Kier alpha value is -2.02. The van der Waals surface area contributed by atoms with Crippen molar-refractivity contribution in [2.24, 2.45) is 0 Å². The number of halogens is 2. The molecule has 2 aromatic rings. The average Bonchev–Trinajstić information content (AvgIpc) is 2.43. The summed E-state index contributed by atoms with van der Waals surface area (Å²) in [5.74, 6) is -0.453. The molecule has 5 nitrogen and oxygen atoms in total. The summed E-state index contributed by atoms with van der Waals surface area (Å²) in [7, 11) is 0. The molecular weight excluding hydrogens is 327 g/mol. The number of nitrogens with one attached hydrogen (secondary N) is 2. The Bertz CT molecular complexity index is 618. The summed E-state index contributed by atoms with van der Waals surface area (Å²) in [6, 6.07) is 4.38. The molecule has 0 unspecified atom stereocenters. The maximum atomic E-state index is 13.6. The zero-order valence-corrected chi connectivity index (χ0v) is 12.2. The Balaban J connectivity index is 2.11. The number of carbonyl (C=O) groups is 1. The summed E-state index contributed by atoms with van der Waals surface area (Å²) in [4.78, 5) is 19.9. The van der Waals surface area contributed by atoms with Gasteiger partial charge < -0.3 is 10.6 Å². The third-order valence-corrected chi connectivity index (χ3v) is 2.91. The van der Waals surface area contributed by atoms with E-state index in [-0.39, 0.29) is 11.4 Å². The normalized spacial score (nSPS) is 10.2. The number of aromatic nitrogens is 2. The first-order chi connectivity index (χ1) is 9.60. The summed E-state index contributed by atoms with van der Waals surface area (Å²) in [5.41, 5.74) is 0.213. The Morgan fingerprint density at radius 1 is 1.35 bits per heavy atom. The topological polar surface area (TPSA) is 66.9 Å². The number of benzene rings is 1. The molecule has 1 aromatic carbocycles. The maximum Gasteiger partial charge on any atom is 0.275 e. The maximum absolute atomic E-state index is 13.6. The van der Waals surface area contributed by atoms with Crippen LogP contribution in [0.25, 0.3) is 0 Å². The van der Waals surface area contributed by atoms with Gasteiger partial charge in [0, 0.05) is 11.0 Å². The molecular formula is C13H12BrFN4O. The van der Waals surface area contributed by atoms with Crippen molar-refractivity contribution in [1.82, 2.24) is 9.97 Å². The van der Waals surface area contributed by atoms with Crippen LogP contribution in [0.5, 0.6) is 0 Å². The number of carbonyl (C=O) groups excluding carboxylic acids is 1. The molecule has 0 spiro atoms. The van der Waals surface area contributed by atoms with Gasteiger partial charge in [-0.05, 0) is 25.1 Å². The predicted octanol–water partition coefficient (Wildman–Crippen LogP) is 3.06. The summed E-state index contributed by atoms with van der Waals surface area (Å²) in [5, 5.41) is 5.42. The predicted molar refractivity (Wildman–Crippen MR) is 78.2 cm³/mol. The molecule has 0 aliphatic carbocycles. The van der Waals surface area contributed by atoms with Crippen LogP contribution in [0.15, 0.2) is 35.1 Å². The van der Waals surface area contributed by atoms with Crippen molar-refractivity contribution < 1.29 is 9.18 Å². The molecule has 7 heteroatoms. The second-order valence-corrected chi connectivity index (χ2v) is 4.81. The summed E-state index contributed by atoms with van der Waals surface area (Å²) in [6.07, 6.45) is 2.79. The minimum Gasteiger partial charge on any atom is -0.369 e. The second-order valence-electron chi connectivity index (χ2n) is 3.90. The largest absolute Gasteiger partial charge is 0.369 e. The fraction of sp³-hybridized carbons (Fsp3) is 0.154. The van der Waals surface area contributed by atoms with Crippen molar-refractivity contribution in [2.45, 2.75) is 6.92 Å². The Kier molecular flexibility index (Phi) is 4.62. The van der Waals surface area contributed by atoms with Gasteiger partial charge in [-0.15, -0.1) is 0 Å². The van der Waals surface area contributed by atoms with Crippen LogP contribution in [-0.4, -0.2) is 22.4 Å². The fourth-order valence-corrected chi connectivity index (χ4v) is 1.83. The van der Waals surface area contributed by atoms with Crippen molar-refractivity contribution in [3.05, 3.63) is 46.6 Å². The second kappa shape index (κ2) is 6.42. The van der Waals surface area contributed by atoms with Gasteiger partial charge in [0.2, 0.25) is 0 Å². The van der Waals surface area contributed by atoms with Crippen LogP contribution in [0.1, 0.15) is 17.4 Å². The molecule has 1 heterocycles. The van der Waals surface area contributed by atoms with E-state index in [1.165, 1.54) is 24.5 Å². The van der Waals surface area contributed by atoms with Gasteiger partial charge in [-0.3, -0.25) is 4.79 Å². The van der Waals surface area contributed by atoms with Crippen LogP contribution in [0.4, 0.5) is 15.9 Å². The molecule has 104 valence electrons. The van der Waals surface area contributed by atoms with Gasteiger partial charge in [0.05, 0.1) is 18.1 Å². The van der Waals surface area contributed by atoms with Crippen molar-refractivity contribution in [3.63, 3.8) is 0 Å². The SMILES string of the molecule is CCNc1cnc(C(=O)Nc2ccc(Br)cc2F)cn1.